The number of fused-ring (bicyclic) bond motifs is 5. The van der Waals surface area contributed by atoms with Crippen LogP contribution in [0.2, 0.25) is 0 Å². The molecule has 140 valence electrons. The number of nitrogens with zero attached hydrogens (tertiary/aromatic N) is 1. The number of benzene rings is 1. The van der Waals surface area contributed by atoms with Gasteiger partial charge in [-0.2, -0.15) is 0 Å². The Hall–Kier alpha value is -3.39. The maximum absolute atomic E-state index is 13.2. The third-order valence-corrected chi connectivity index (χ3v) is 6.17. The van der Waals surface area contributed by atoms with E-state index in [1.807, 2.05) is 18.2 Å². The Morgan fingerprint density at radius 3 is 2.79 bits per heavy atom. The predicted octanol–water partition coefficient (Wildman–Crippen LogP) is 2.86. The fourth-order valence-electron chi connectivity index (χ4n) is 3.73. The van der Waals surface area contributed by atoms with Gasteiger partial charge in [-0.1, -0.05) is 24.3 Å². The van der Waals surface area contributed by atoms with Gasteiger partial charge in [0.25, 0.3) is 5.56 Å². The first-order chi connectivity index (χ1) is 13.5. The first kappa shape index (κ1) is 16.8. The molecule has 3 aromatic heterocycles. The molecule has 0 spiro atoms. The second-order valence-electron chi connectivity index (χ2n) is 6.65. The SMILES string of the molecule is O=C(O)c1ccc(Cn2c(=O)[nH]c3sc4c(c3c2=O)-c2ccccc2CC4)o1. The summed E-state index contributed by atoms with van der Waals surface area (Å²) in [6.45, 7) is -0.135. The van der Waals surface area contributed by atoms with Crippen LogP contribution in [0.4, 0.5) is 0 Å². The largest absolute Gasteiger partial charge is 0.475 e. The number of furan rings is 1. The Morgan fingerprint density at radius 2 is 2.00 bits per heavy atom. The van der Waals surface area contributed by atoms with E-state index in [9.17, 15) is 14.4 Å². The van der Waals surface area contributed by atoms with Gasteiger partial charge in [-0.15, -0.1) is 11.3 Å². The molecule has 0 saturated heterocycles. The minimum Gasteiger partial charge on any atom is -0.475 e. The lowest BCUT2D eigenvalue weighted by Gasteiger charge is -2.16. The topological polar surface area (TPSA) is 105 Å². The summed E-state index contributed by atoms with van der Waals surface area (Å²) in [5.74, 6) is -1.21. The number of carboxylic acid groups (broad SMARTS) is 1. The highest BCUT2D eigenvalue weighted by molar-refractivity contribution is 7.19. The number of aromatic amines is 1. The number of nitrogens with one attached hydrogen (secondary N) is 1. The maximum Gasteiger partial charge on any atom is 0.371 e. The van der Waals surface area contributed by atoms with Gasteiger partial charge >= 0.3 is 11.7 Å². The van der Waals surface area contributed by atoms with E-state index in [-0.39, 0.29) is 18.1 Å². The first-order valence-electron chi connectivity index (χ1n) is 8.71. The zero-order chi connectivity index (χ0) is 19.4. The maximum atomic E-state index is 13.2. The fraction of sp³-hybridized carbons (Fsp3) is 0.150. The fourth-order valence-corrected chi connectivity index (χ4v) is 4.93. The first-order valence-corrected chi connectivity index (χ1v) is 9.53. The molecule has 5 rings (SSSR count). The molecule has 2 N–H and O–H groups in total. The van der Waals surface area contributed by atoms with Gasteiger partial charge in [0.05, 0.1) is 11.9 Å². The van der Waals surface area contributed by atoms with E-state index < -0.39 is 17.2 Å². The predicted molar refractivity (Wildman–Crippen MR) is 104 cm³/mol. The zero-order valence-corrected chi connectivity index (χ0v) is 15.3. The molecule has 8 heteroatoms. The molecule has 1 aliphatic carbocycles. The number of rotatable bonds is 3. The van der Waals surface area contributed by atoms with E-state index in [4.69, 9.17) is 9.52 Å². The van der Waals surface area contributed by atoms with Crippen LogP contribution in [0.25, 0.3) is 21.3 Å². The van der Waals surface area contributed by atoms with Crippen molar-refractivity contribution in [3.05, 3.63) is 79.2 Å². The summed E-state index contributed by atoms with van der Waals surface area (Å²) < 4.78 is 6.26. The van der Waals surface area contributed by atoms with E-state index >= 15 is 0 Å². The molecule has 0 atom stereocenters. The van der Waals surface area contributed by atoms with Crippen LogP contribution < -0.4 is 11.2 Å². The molecule has 0 fully saturated rings. The number of carbonyl (C=O) groups is 1. The van der Waals surface area contributed by atoms with Crippen LogP contribution in [-0.4, -0.2) is 20.6 Å². The van der Waals surface area contributed by atoms with Crippen molar-refractivity contribution in [1.82, 2.24) is 9.55 Å². The third kappa shape index (κ3) is 2.45. The Bertz CT molecular complexity index is 1370. The van der Waals surface area contributed by atoms with Gasteiger partial charge in [-0.25, -0.2) is 9.59 Å². The highest BCUT2D eigenvalue weighted by Crippen LogP contribution is 2.41. The van der Waals surface area contributed by atoms with E-state index in [0.717, 1.165) is 33.4 Å². The standard InChI is InChI=1S/C20H14N2O5S/c23-18-16-15-12-4-2-1-3-10(12)5-8-14(15)28-17(16)21-20(26)22(18)9-11-6-7-13(27-11)19(24)25/h1-4,6-7H,5,8-9H2,(H,21,26)(H,24,25). The Kier molecular flexibility index (Phi) is 3.63. The summed E-state index contributed by atoms with van der Waals surface area (Å²) in [7, 11) is 0. The number of carboxylic acids is 1. The van der Waals surface area contributed by atoms with Crippen LogP contribution in [-0.2, 0) is 19.4 Å². The van der Waals surface area contributed by atoms with Crippen LogP contribution in [0.5, 0.6) is 0 Å². The van der Waals surface area contributed by atoms with Gasteiger partial charge in [-0.3, -0.25) is 14.3 Å². The molecule has 0 aliphatic heterocycles. The second-order valence-corrected chi connectivity index (χ2v) is 7.76. The molecule has 1 aliphatic rings. The van der Waals surface area contributed by atoms with Crippen LogP contribution in [0, 0.1) is 0 Å². The zero-order valence-electron chi connectivity index (χ0n) is 14.5. The van der Waals surface area contributed by atoms with Crippen molar-refractivity contribution in [2.75, 3.05) is 0 Å². The van der Waals surface area contributed by atoms with E-state index in [0.29, 0.717) is 10.2 Å². The molecular weight excluding hydrogens is 380 g/mol. The van der Waals surface area contributed by atoms with Gasteiger partial charge in [0, 0.05) is 10.4 Å². The number of hydrogen-bond acceptors (Lipinski definition) is 5. The molecule has 4 aromatic rings. The molecule has 0 unspecified atom stereocenters. The lowest BCUT2D eigenvalue weighted by molar-refractivity contribution is 0.0660. The second kappa shape index (κ2) is 6.07. The van der Waals surface area contributed by atoms with Crippen molar-refractivity contribution in [2.24, 2.45) is 0 Å². The average Bonchev–Trinajstić information content (AvgIpc) is 3.29. The van der Waals surface area contributed by atoms with E-state index in [2.05, 4.69) is 11.1 Å². The van der Waals surface area contributed by atoms with Crippen molar-refractivity contribution >= 4 is 27.5 Å². The molecule has 7 nitrogen and oxygen atoms in total. The number of hydrogen-bond donors (Lipinski definition) is 2. The van der Waals surface area contributed by atoms with Gasteiger partial charge in [-0.05, 0) is 36.1 Å². The van der Waals surface area contributed by atoms with Gasteiger partial charge < -0.3 is 9.52 Å². The molecule has 3 heterocycles. The normalized spacial score (nSPS) is 12.7. The molecule has 0 bridgehead atoms. The van der Waals surface area contributed by atoms with Crippen LogP contribution in [0.1, 0.15) is 26.8 Å². The summed E-state index contributed by atoms with van der Waals surface area (Å²) in [6, 6.07) is 10.7. The summed E-state index contributed by atoms with van der Waals surface area (Å²) in [6.07, 6.45) is 1.73. The number of aromatic nitrogens is 2. The lowest BCUT2D eigenvalue weighted by Crippen LogP contribution is -2.35. The van der Waals surface area contributed by atoms with Crippen LogP contribution in [0.3, 0.4) is 0 Å². The molecule has 28 heavy (non-hydrogen) atoms. The van der Waals surface area contributed by atoms with Crippen molar-refractivity contribution in [3.63, 3.8) is 0 Å². The van der Waals surface area contributed by atoms with Crippen molar-refractivity contribution in [2.45, 2.75) is 19.4 Å². The molecule has 0 amide bonds. The number of H-pyrrole nitrogens is 1. The third-order valence-electron chi connectivity index (χ3n) is 5.00. The van der Waals surface area contributed by atoms with Crippen LogP contribution in [0.15, 0.2) is 50.4 Å². The molecule has 1 aromatic carbocycles. The van der Waals surface area contributed by atoms with Gasteiger partial charge in [0.15, 0.2) is 0 Å². The minimum atomic E-state index is -1.20. The van der Waals surface area contributed by atoms with Crippen molar-refractivity contribution in [1.29, 1.82) is 0 Å². The number of aromatic carboxylic acids is 1. The summed E-state index contributed by atoms with van der Waals surface area (Å²) in [5.41, 5.74) is 2.15. The van der Waals surface area contributed by atoms with Crippen molar-refractivity contribution < 1.29 is 14.3 Å². The lowest BCUT2D eigenvalue weighted by atomic mass is 9.89. The Balaban J connectivity index is 1.71. The highest BCUT2D eigenvalue weighted by atomic mass is 32.1. The van der Waals surface area contributed by atoms with E-state index in [1.165, 1.54) is 29.0 Å². The molecule has 0 saturated carbocycles. The molecular formula is C20H14N2O5S. The smallest absolute Gasteiger partial charge is 0.371 e. The average molecular weight is 394 g/mol. The van der Waals surface area contributed by atoms with Gasteiger partial charge in [0.2, 0.25) is 5.76 Å². The molecule has 0 radical (unpaired) electrons. The Morgan fingerprint density at radius 1 is 1.18 bits per heavy atom. The number of thiophene rings is 1. The number of aryl methyl sites for hydroxylation is 2. The van der Waals surface area contributed by atoms with Crippen LogP contribution >= 0.6 is 11.3 Å². The summed E-state index contributed by atoms with van der Waals surface area (Å²) in [5, 5.41) is 9.48. The van der Waals surface area contributed by atoms with E-state index in [1.54, 1.807) is 0 Å². The summed E-state index contributed by atoms with van der Waals surface area (Å²) in [4.78, 5) is 41.2. The highest BCUT2D eigenvalue weighted by Gasteiger charge is 2.25. The monoisotopic (exact) mass is 394 g/mol. The Labute approximate surface area is 161 Å². The summed E-state index contributed by atoms with van der Waals surface area (Å²) >= 11 is 1.44. The minimum absolute atomic E-state index is 0.135. The van der Waals surface area contributed by atoms with Gasteiger partial charge in [0.1, 0.15) is 10.6 Å². The van der Waals surface area contributed by atoms with Crippen molar-refractivity contribution in [3.8, 4) is 11.1 Å². The quantitative estimate of drug-likeness (QED) is 0.556.